The van der Waals surface area contributed by atoms with Gasteiger partial charge in [0.15, 0.2) is 0 Å². The number of ether oxygens (including phenoxy) is 1. The summed E-state index contributed by atoms with van der Waals surface area (Å²) in [6.45, 7) is 2.60. The molecule has 0 radical (unpaired) electrons. The van der Waals surface area contributed by atoms with Crippen molar-refractivity contribution < 1.29 is 14.3 Å². The summed E-state index contributed by atoms with van der Waals surface area (Å²) in [6, 6.07) is 7.51. The third-order valence-corrected chi connectivity index (χ3v) is 3.39. The summed E-state index contributed by atoms with van der Waals surface area (Å²) in [7, 11) is 1.35. The lowest BCUT2D eigenvalue weighted by molar-refractivity contribution is -0.140. The fraction of sp³-hybridized carbons (Fsp3) is 0.467. The van der Waals surface area contributed by atoms with Crippen LogP contribution in [-0.4, -0.2) is 32.1 Å². The van der Waals surface area contributed by atoms with Gasteiger partial charge in [-0.1, -0.05) is 29.8 Å². The number of carbonyl (C=O) groups is 2. The van der Waals surface area contributed by atoms with Crippen LogP contribution in [0.1, 0.15) is 31.4 Å². The van der Waals surface area contributed by atoms with Crippen molar-refractivity contribution in [3.63, 3.8) is 0 Å². The van der Waals surface area contributed by atoms with Crippen molar-refractivity contribution in [1.82, 2.24) is 10.6 Å². The highest BCUT2D eigenvalue weighted by Crippen LogP contribution is 2.21. The van der Waals surface area contributed by atoms with Gasteiger partial charge in [-0.2, -0.15) is 0 Å². The van der Waals surface area contributed by atoms with E-state index in [4.69, 9.17) is 11.6 Å². The van der Waals surface area contributed by atoms with Gasteiger partial charge < -0.3 is 15.4 Å². The molecule has 0 aliphatic rings. The molecule has 1 rings (SSSR count). The first-order chi connectivity index (χ1) is 10.0. The minimum atomic E-state index is -0.269. The number of hydrogen-bond donors (Lipinski definition) is 2. The number of carbonyl (C=O) groups excluding carboxylic acids is 2. The van der Waals surface area contributed by atoms with Gasteiger partial charge in [0, 0.05) is 24.0 Å². The lowest BCUT2D eigenvalue weighted by Crippen LogP contribution is -2.35. The highest BCUT2D eigenvalue weighted by Gasteiger charge is 2.10. The predicted octanol–water partition coefficient (Wildman–Crippen LogP) is 2.06. The van der Waals surface area contributed by atoms with Crippen molar-refractivity contribution in [2.24, 2.45) is 0 Å². The van der Waals surface area contributed by atoms with E-state index >= 15 is 0 Å². The molecule has 0 bridgehead atoms. The second-order valence-corrected chi connectivity index (χ2v) is 5.06. The summed E-state index contributed by atoms with van der Waals surface area (Å²) in [5, 5.41) is 6.53. The van der Waals surface area contributed by atoms with Crippen LogP contribution in [0.2, 0.25) is 5.02 Å². The molecule has 2 N–H and O–H groups in total. The molecular weight excluding hydrogens is 292 g/mol. The molecule has 1 aromatic rings. The standard InChI is InChI=1S/C15H21ClN2O3/c1-11(12-6-3-4-7-13(12)16)18-10-14(19)17-9-5-8-15(20)21-2/h3-4,6-7,11,18H,5,8-10H2,1-2H3,(H,17,19)/t11-/m0/s1. The first-order valence-corrected chi connectivity index (χ1v) is 7.23. The van der Waals surface area contributed by atoms with E-state index in [-0.39, 0.29) is 24.5 Å². The average Bonchev–Trinajstić information content (AvgIpc) is 2.49. The van der Waals surface area contributed by atoms with Crippen LogP contribution in [0.25, 0.3) is 0 Å². The molecule has 0 aliphatic heterocycles. The molecule has 0 fully saturated rings. The summed E-state index contributed by atoms with van der Waals surface area (Å²) < 4.78 is 4.52. The zero-order chi connectivity index (χ0) is 15.7. The molecule has 0 aliphatic carbocycles. The SMILES string of the molecule is COC(=O)CCCNC(=O)CN[C@@H](C)c1ccccc1Cl. The largest absolute Gasteiger partial charge is 0.469 e. The highest BCUT2D eigenvalue weighted by atomic mass is 35.5. The minimum Gasteiger partial charge on any atom is -0.469 e. The Morgan fingerprint density at radius 2 is 2.05 bits per heavy atom. The molecule has 116 valence electrons. The zero-order valence-corrected chi connectivity index (χ0v) is 13.1. The highest BCUT2D eigenvalue weighted by molar-refractivity contribution is 6.31. The van der Waals surface area contributed by atoms with Gasteiger partial charge in [-0.15, -0.1) is 0 Å². The second kappa shape index (κ2) is 9.37. The normalized spacial score (nSPS) is 11.8. The van der Waals surface area contributed by atoms with Crippen molar-refractivity contribution in [2.75, 3.05) is 20.2 Å². The fourth-order valence-electron chi connectivity index (χ4n) is 1.81. The number of hydrogen-bond acceptors (Lipinski definition) is 4. The Balaban J connectivity index is 2.24. The second-order valence-electron chi connectivity index (χ2n) is 4.65. The third kappa shape index (κ3) is 6.60. The Morgan fingerprint density at radius 1 is 1.33 bits per heavy atom. The Labute approximate surface area is 130 Å². The van der Waals surface area contributed by atoms with E-state index in [0.717, 1.165) is 5.56 Å². The number of halogens is 1. The first-order valence-electron chi connectivity index (χ1n) is 6.86. The maximum absolute atomic E-state index is 11.7. The summed E-state index contributed by atoms with van der Waals surface area (Å²) in [5.41, 5.74) is 0.956. The maximum atomic E-state index is 11.7. The van der Waals surface area contributed by atoms with Crippen LogP contribution in [0.3, 0.4) is 0 Å². The number of rotatable bonds is 8. The molecule has 1 amide bonds. The summed E-state index contributed by atoms with van der Waals surface area (Å²) in [4.78, 5) is 22.6. The van der Waals surface area contributed by atoms with E-state index in [1.807, 2.05) is 31.2 Å². The van der Waals surface area contributed by atoms with E-state index in [1.165, 1.54) is 7.11 Å². The van der Waals surface area contributed by atoms with Gasteiger partial charge >= 0.3 is 5.97 Å². The van der Waals surface area contributed by atoms with Gasteiger partial charge in [0.25, 0.3) is 0 Å². The lowest BCUT2D eigenvalue weighted by atomic mass is 10.1. The lowest BCUT2D eigenvalue weighted by Gasteiger charge is -2.15. The smallest absolute Gasteiger partial charge is 0.305 e. The van der Waals surface area contributed by atoms with Gasteiger partial charge in [-0.3, -0.25) is 9.59 Å². The van der Waals surface area contributed by atoms with Crippen LogP contribution in [0, 0.1) is 0 Å². The fourth-order valence-corrected chi connectivity index (χ4v) is 2.11. The number of amides is 1. The molecular formula is C15H21ClN2O3. The van der Waals surface area contributed by atoms with Gasteiger partial charge in [-0.05, 0) is 25.0 Å². The molecule has 0 saturated carbocycles. The molecule has 1 aromatic carbocycles. The van der Waals surface area contributed by atoms with Gasteiger partial charge in [-0.25, -0.2) is 0 Å². The Morgan fingerprint density at radius 3 is 2.71 bits per heavy atom. The molecule has 5 nitrogen and oxygen atoms in total. The molecule has 6 heteroatoms. The van der Waals surface area contributed by atoms with E-state index in [1.54, 1.807) is 0 Å². The van der Waals surface area contributed by atoms with Crippen LogP contribution in [0.4, 0.5) is 0 Å². The molecule has 0 aromatic heterocycles. The quantitative estimate of drug-likeness (QED) is 0.569. The van der Waals surface area contributed by atoms with Crippen molar-refractivity contribution >= 4 is 23.5 Å². The van der Waals surface area contributed by atoms with E-state index in [0.29, 0.717) is 24.4 Å². The molecule has 0 spiro atoms. The first kappa shape index (κ1) is 17.5. The summed E-state index contributed by atoms with van der Waals surface area (Å²) in [5.74, 6) is -0.381. The number of methoxy groups -OCH3 is 1. The van der Waals surface area contributed by atoms with E-state index in [9.17, 15) is 9.59 Å². The summed E-state index contributed by atoms with van der Waals surface area (Å²) >= 11 is 6.10. The van der Waals surface area contributed by atoms with Gasteiger partial charge in [0.2, 0.25) is 5.91 Å². The maximum Gasteiger partial charge on any atom is 0.305 e. The Bertz CT molecular complexity index is 480. The Hall–Kier alpha value is -1.59. The zero-order valence-electron chi connectivity index (χ0n) is 12.3. The Kier molecular flexibility index (Phi) is 7.79. The van der Waals surface area contributed by atoms with Gasteiger partial charge in [0.05, 0.1) is 13.7 Å². The van der Waals surface area contributed by atoms with Crippen molar-refractivity contribution in [3.8, 4) is 0 Å². The van der Waals surface area contributed by atoms with Crippen LogP contribution in [-0.2, 0) is 14.3 Å². The van der Waals surface area contributed by atoms with Crippen molar-refractivity contribution in [1.29, 1.82) is 0 Å². The monoisotopic (exact) mass is 312 g/mol. The van der Waals surface area contributed by atoms with Crippen molar-refractivity contribution in [3.05, 3.63) is 34.9 Å². The molecule has 0 heterocycles. The summed E-state index contributed by atoms with van der Waals surface area (Å²) in [6.07, 6.45) is 0.874. The minimum absolute atomic E-state index is 0.0143. The molecule has 1 atom stereocenters. The molecule has 0 saturated heterocycles. The number of nitrogens with one attached hydrogen (secondary N) is 2. The van der Waals surface area contributed by atoms with E-state index < -0.39 is 0 Å². The number of esters is 1. The topological polar surface area (TPSA) is 67.4 Å². The van der Waals surface area contributed by atoms with Crippen LogP contribution in [0.15, 0.2) is 24.3 Å². The number of benzene rings is 1. The van der Waals surface area contributed by atoms with E-state index in [2.05, 4.69) is 15.4 Å². The van der Waals surface area contributed by atoms with Crippen LogP contribution < -0.4 is 10.6 Å². The van der Waals surface area contributed by atoms with Crippen LogP contribution >= 0.6 is 11.6 Å². The van der Waals surface area contributed by atoms with Gasteiger partial charge in [0.1, 0.15) is 0 Å². The average molecular weight is 313 g/mol. The molecule has 0 unspecified atom stereocenters. The van der Waals surface area contributed by atoms with Crippen LogP contribution in [0.5, 0.6) is 0 Å². The van der Waals surface area contributed by atoms with Crippen molar-refractivity contribution in [2.45, 2.75) is 25.8 Å². The predicted molar refractivity (Wildman–Crippen MR) is 82.1 cm³/mol. The molecule has 21 heavy (non-hydrogen) atoms. The third-order valence-electron chi connectivity index (χ3n) is 3.05.